The first-order valence-corrected chi connectivity index (χ1v) is 10.9. The molecular formula is C25H30N2O6. The van der Waals surface area contributed by atoms with E-state index in [0.29, 0.717) is 55.4 Å². The maximum atomic E-state index is 12.6. The van der Waals surface area contributed by atoms with E-state index in [1.807, 2.05) is 26.0 Å². The molecule has 2 heterocycles. The van der Waals surface area contributed by atoms with Crippen molar-refractivity contribution in [1.82, 2.24) is 0 Å². The fourth-order valence-electron chi connectivity index (χ4n) is 3.72. The number of hydrogen-bond acceptors (Lipinski definition) is 8. The number of carbonyl (C=O) groups excluding carboxylic acids is 2. The van der Waals surface area contributed by atoms with Crippen molar-refractivity contribution in [2.45, 2.75) is 20.3 Å². The molecule has 0 unspecified atom stereocenters. The Labute approximate surface area is 193 Å². The number of anilines is 2. The molecule has 8 heteroatoms. The number of benzene rings is 2. The predicted octanol–water partition coefficient (Wildman–Crippen LogP) is 2.83. The number of ether oxygens (including phenoxy) is 4. The fourth-order valence-corrected chi connectivity index (χ4v) is 3.72. The summed E-state index contributed by atoms with van der Waals surface area (Å²) in [5, 5.41) is 0. The highest BCUT2D eigenvalue weighted by Crippen LogP contribution is 2.29. The third-order valence-corrected chi connectivity index (χ3v) is 5.99. The molecule has 8 nitrogen and oxygen atoms in total. The van der Waals surface area contributed by atoms with Crippen molar-refractivity contribution >= 4 is 23.3 Å². The largest absolute Gasteiger partial charge is 0.461 e. The molecule has 2 saturated heterocycles. The summed E-state index contributed by atoms with van der Waals surface area (Å²) in [7, 11) is 0. The molecule has 0 atom stereocenters. The van der Waals surface area contributed by atoms with Gasteiger partial charge in [0.25, 0.3) is 0 Å². The molecular weight excluding hydrogens is 424 g/mol. The molecule has 2 aliphatic heterocycles. The van der Waals surface area contributed by atoms with Crippen LogP contribution in [0.15, 0.2) is 36.4 Å². The van der Waals surface area contributed by atoms with Crippen LogP contribution in [0.3, 0.4) is 0 Å². The minimum absolute atomic E-state index is 0.139. The van der Waals surface area contributed by atoms with Gasteiger partial charge in [0.1, 0.15) is 13.2 Å². The lowest BCUT2D eigenvalue weighted by Crippen LogP contribution is -2.44. The Morgan fingerprint density at radius 1 is 0.788 bits per heavy atom. The highest BCUT2D eigenvalue weighted by molar-refractivity contribution is 5.96. The summed E-state index contributed by atoms with van der Waals surface area (Å²) in [4.78, 5) is 25.2. The van der Waals surface area contributed by atoms with E-state index in [2.05, 4.69) is 0 Å². The summed E-state index contributed by atoms with van der Waals surface area (Å²) in [6, 6.07) is 10.5. The predicted molar refractivity (Wildman–Crippen MR) is 123 cm³/mol. The van der Waals surface area contributed by atoms with Gasteiger partial charge in [-0.2, -0.15) is 0 Å². The SMILES string of the molecule is CC1(COC(=O)c2cc(Cc3ccc(N)c(C(=O)OCC4(C)COC4)c3)ccc2N)COC1. The van der Waals surface area contributed by atoms with Crippen LogP contribution >= 0.6 is 0 Å². The third-order valence-electron chi connectivity index (χ3n) is 5.99. The van der Waals surface area contributed by atoms with Gasteiger partial charge in [0.2, 0.25) is 0 Å². The maximum Gasteiger partial charge on any atom is 0.340 e. The summed E-state index contributed by atoms with van der Waals surface area (Å²) < 4.78 is 21.3. The van der Waals surface area contributed by atoms with Crippen LogP contribution in [-0.2, 0) is 25.4 Å². The first kappa shape index (κ1) is 23.1. The average Bonchev–Trinajstić information content (AvgIpc) is 2.75. The van der Waals surface area contributed by atoms with E-state index in [0.717, 1.165) is 11.1 Å². The zero-order valence-corrected chi connectivity index (χ0v) is 19.0. The van der Waals surface area contributed by atoms with Crippen LogP contribution in [0.25, 0.3) is 0 Å². The van der Waals surface area contributed by atoms with E-state index < -0.39 is 11.9 Å². The summed E-state index contributed by atoms with van der Waals surface area (Å²) in [5.41, 5.74) is 14.8. The Morgan fingerprint density at radius 2 is 1.18 bits per heavy atom. The minimum atomic E-state index is -0.461. The molecule has 0 aliphatic carbocycles. The second-order valence-corrected chi connectivity index (χ2v) is 9.78. The van der Waals surface area contributed by atoms with Gasteiger partial charge in [-0.3, -0.25) is 0 Å². The van der Waals surface area contributed by atoms with Crippen molar-refractivity contribution in [3.8, 4) is 0 Å². The van der Waals surface area contributed by atoms with Gasteiger partial charge < -0.3 is 30.4 Å². The number of esters is 2. The van der Waals surface area contributed by atoms with E-state index in [1.165, 1.54) is 0 Å². The van der Waals surface area contributed by atoms with E-state index in [4.69, 9.17) is 30.4 Å². The zero-order valence-electron chi connectivity index (χ0n) is 19.0. The van der Waals surface area contributed by atoms with Crippen LogP contribution in [0, 0.1) is 10.8 Å². The summed E-state index contributed by atoms with van der Waals surface area (Å²) >= 11 is 0. The standard InChI is InChI=1S/C25H30N2O6/c1-24(10-30-11-24)14-32-22(28)18-8-16(3-5-20(18)26)7-17-4-6-21(27)19(9-17)23(29)33-15-25(2)12-31-13-25/h3-6,8-9H,7,10-15,26-27H2,1-2H3. The molecule has 0 amide bonds. The molecule has 2 fully saturated rings. The number of hydrogen-bond donors (Lipinski definition) is 2. The number of nitrogen functional groups attached to an aromatic ring is 2. The molecule has 4 N–H and O–H groups in total. The molecule has 176 valence electrons. The van der Waals surface area contributed by atoms with E-state index in [1.54, 1.807) is 24.3 Å². The molecule has 0 aromatic heterocycles. The highest BCUT2D eigenvalue weighted by atomic mass is 16.6. The highest BCUT2D eigenvalue weighted by Gasteiger charge is 2.36. The van der Waals surface area contributed by atoms with E-state index in [9.17, 15) is 9.59 Å². The van der Waals surface area contributed by atoms with Gasteiger partial charge in [0.05, 0.1) is 37.6 Å². The third kappa shape index (κ3) is 5.29. The van der Waals surface area contributed by atoms with Gasteiger partial charge >= 0.3 is 11.9 Å². The van der Waals surface area contributed by atoms with Gasteiger partial charge in [0.15, 0.2) is 0 Å². The maximum absolute atomic E-state index is 12.6. The molecule has 2 aromatic rings. The Bertz CT molecular complexity index is 975. The normalized spacial score (nSPS) is 18.0. The van der Waals surface area contributed by atoms with Crippen LogP contribution in [0.5, 0.6) is 0 Å². The summed E-state index contributed by atoms with van der Waals surface area (Å²) in [6.07, 6.45) is 0.484. The lowest BCUT2D eigenvalue weighted by atomic mass is 9.90. The van der Waals surface area contributed by atoms with Crippen molar-refractivity contribution in [3.63, 3.8) is 0 Å². The van der Waals surface area contributed by atoms with Gasteiger partial charge in [-0.1, -0.05) is 26.0 Å². The zero-order chi connectivity index (χ0) is 23.6. The monoisotopic (exact) mass is 454 g/mol. The molecule has 2 aromatic carbocycles. The lowest BCUT2D eigenvalue weighted by Gasteiger charge is -2.37. The van der Waals surface area contributed by atoms with Gasteiger partial charge in [-0.25, -0.2) is 9.59 Å². The molecule has 0 saturated carbocycles. The molecule has 0 bridgehead atoms. The number of rotatable bonds is 8. The van der Waals surface area contributed by atoms with Gasteiger partial charge in [-0.15, -0.1) is 0 Å². The van der Waals surface area contributed by atoms with Crippen molar-refractivity contribution in [2.24, 2.45) is 10.8 Å². The molecule has 4 rings (SSSR count). The van der Waals surface area contributed by atoms with E-state index in [-0.39, 0.29) is 24.0 Å². The minimum Gasteiger partial charge on any atom is -0.461 e. The Balaban J connectivity index is 1.43. The number of carbonyl (C=O) groups is 2. The van der Waals surface area contributed by atoms with Crippen LogP contribution < -0.4 is 11.5 Å². The van der Waals surface area contributed by atoms with Crippen LogP contribution in [0.1, 0.15) is 45.7 Å². The van der Waals surface area contributed by atoms with Crippen molar-refractivity contribution in [1.29, 1.82) is 0 Å². The first-order chi connectivity index (χ1) is 15.7. The topological polar surface area (TPSA) is 123 Å². The van der Waals surface area contributed by atoms with Crippen LogP contribution in [0.4, 0.5) is 11.4 Å². The molecule has 33 heavy (non-hydrogen) atoms. The second-order valence-electron chi connectivity index (χ2n) is 9.78. The summed E-state index contributed by atoms with van der Waals surface area (Å²) in [5.74, 6) is -0.921. The van der Waals surface area contributed by atoms with Gasteiger partial charge in [-0.05, 0) is 41.8 Å². The Kier molecular flexibility index (Phi) is 6.32. The second kappa shape index (κ2) is 9.03. The summed E-state index contributed by atoms with van der Waals surface area (Å²) in [6.45, 7) is 6.88. The molecule has 2 aliphatic rings. The lowest BCUT2D eigenvalue weighted by molar-refractivity contribution is -0.127. The Morgan fingerprint density at radius 3 is 1.52 bits per heavy atom. The molecule has 0 spiro atoms. The Hall–Kier alpha value is -3.10. The van der Waals surface area contributed by atoms with Crippen LogP contribution in [0.2, 0.25) is 0 Å². The first-order valence-electron chi connectivity index (χ1n) is 10.9. The van der Waals surface area contributed by atoms with E-state index >= 15 is 0 Å². The smallest absolute Gasteiger partial charge is 0.340 e. The quantitative estimate of drug-likeness (QED) is 0.461. The van der Waals surface area contributed by atoms with Crippen LogP contribution in [-0.4, -0.2) is 51.6 Å². The van der Waals surface area contributed by atoms with Crippen molar-refractivity contribution < 1.29 is 28.5 Å². The average molecular weight is 455 g/mol. The fraction of sp³-hybridized carbons (Fsp3) is 0.440. The van der Waals surface area contributed by atoms with Crippen molar-refractivity contribution in [2.75, 3.05) is 51.1 Å². The van der Waals surface area contributed by atoms with Crippen molar-refractivity contribution in [3.05, 3.63) is 58.7 Å². The van der Waals surface area contributed by atoms with Gasteiger partial charge in [0, 0.05) is 22.2 Å². The number of nitrogens with two attached hydrogens (primary N) is 2. The molecule has 0 radical (unpaired) electrons.